The minimum Gasteiger partial charge on any atom is -0.390 e. The predicted molar refractivity (Wildman–Crippen MR) is 85.1 cm³/mol. The van der Waals surface area contributed by atoms with Crippen molar-refractivity contribution in [1.29, 1.82) is 0 Å². The number of hydrogen-bond donors (Lipinski definition) is 2. The highest BCUT2D eigenvalue weighted by molar-refractivity contribution is 6.30. The van der Waals surface area contributed by atoms with Gasteiger partial charge in [-0.15, -0.1) is 0 Å². The summed E-state index contributed by atoms with van der Waals surface area (Å²) in [4.78, 5) is 0. The third-order valence-electron chi connectivity index (χ3n) is 4.82. The van der Waals surface area contributed by atoms with Crippen LogP contribution in [0.1, 0.15) is 57.9 Å². The van der Waals surface area contributed by atoms with Crippen molar-refractivity contribution in [2.24, 2.45) is 5.73 Å². The van der Waals surface area contributed by atoms with Crippen LogP contribution < -0.4 is 5.73 Å². The number of halogens is 1. The van der Waals surface area contributed by atoms with Crippen molar-refractivity contribution in [1.82, 2.24) is 0 Å². The van der Waals surface area contributed by atoms with E-state index < -0.39 is 5.60 Å². The van der Waals surface area contributed by atoms with Gasteiger partial charge in [-0.3, -0.25) is 0 Å². The molecule has 3 N–H and O–H groups in total. The Hall–Kier alpha value is -0.570. The molecule has 0 bridgehead atoms. The van der Waals surface area contributed by atoms with Gasteiger partial charge in [-0.2, -0.15) is 0 Å². The van der Waals surface area contributed by atoms with Crippen LogP contribution in [0.5, 0.6) is 0 Å². The summed E-state index contributed by atoms with van der Waals surface area (Å²) in [6, 6.07) is 8.06. The lowest BCUT2D eigenvalue weighted by atomic mass is 9.58. The Labute approximate surface area is 127 Å². The molecule has 0 amide bonds. The average molecular weight is 296 g/mol. The molecule has 1 aromatic carbocycles. The summed E-state index contributed by atoms with van der Waals surface area (Å²) >= 11 is 5.98. The van der Waals surface area contributed by atoms with E-state index >= 15 is 0 Å². The zero-order valence-electron chi connectivity index (χ0n) is 12.5. The molecular weight excluding hydrogens is 270 g/mol. The predicted octanol–water partition coefficient (Wildman–Crippen LogP) is 4.03. The minimum atomic E-state index is -0.664. The highest BCUT2D eigenvalue weighted by Crippen LogP contribution is 2.47. The van der Waals surface area contributed by atoms with Gasteiger partial charge in [0.25, 0.3) is 0 Å². The smallest absolute Gasteiger partial charge is 0.0634 e. The molecule has 20 heavy (non-hydrogen) atoms. The Morgan fingerprint density at radius 1 is 1.35 bits per heavy atom. The highest BCUT2D eigenvalue weighted by Gasteiger charge is 2.45. The van der Waals surface area contributed by atoms with Crippen molar-refractivity contribution in [2.75, 3.05) is 0 Å². The zero-order chi connectivity index (χ0) is 14.8. The van der Waals surface area contributed by atoms with Gasteiger partial charge >= 0.3 is 0 Å². The van der Waals surface area contributed by atoms with Gasteiger partial charge < -0.3 is 10.8 Å². The van der Waals surface area contributed by atoms with E-state index in [0.29, 0.717) is 6.42 Å². The third-order valence-corrected chi connectivity index (χ3v) is 5.07. The molecule has 1 aromatic rings. The summed E-state index contributed by atoms with van der Waals surface area (Å²) in [6.45, 7) is 4.00. The second-order valence-electron chi connectivity index (χ2n) is 6.57. The molecular formula is C17H26ClNO. The second-order valence-corrected chi connectivity index (χ2v) is 7.01. The van der Waals surface area contributed by atoms with Gasteiger partial charge in [0.15, 0.2) is 0 Å². The molecule has 2 atom stereocenters. The molecule has 112 valence electrons. The average Bonchev–Trinajstić information content (AvgIpc) is 2.29. The standard InChI is InChI=1S/C17H26ClNO/c1-3-9-16(2,20)12-15(19)17(10-4-11-17)13-5-7-14(18)8-6-13/h5-8,15,20H,3-4,9-12,19H2,1-2H3. The van der Waals surface area contributed by atoms with Gasteiger partial charge in [0, 0.05) is 16.5 Å². The van der Waals surface area contributed by atoms with Crippen LogP contribution in [-0.2, 0) is 5.41 Å². The lowest BCUT2D eigenvalue weighted by Gasteiger charge is -2.48. The molecule has 0 heterocycles. The number of benzene rings is 1. The SMILES string of the molecule is CCCC(C)(O)CC(N)C1(c2ccc(Cl)cc2)CCC1. The summed E-state index contributed by atoms with van der Waals surface area (Å²) < 4.78 is 0. The first-order valence-corrected chi connectivity index (χ1v) is 8.01. The fourth-order valence-electron chi connectivity index (χ4n) is 3.52. The fourth-order valence-corrected chi connectivity index (χ4v) is 3.65. The lowest BCUT2D eigenvalue weighted by Crippen LogP contribution is -2.53. The summed E-state index contributed by atoms with van der Waals surface area (Å²) in [6.07, 6.45) is 5.87. The molecule has 0 saturated heterocycles. The summed E-state index contributed by atoms with van der Waals surface area (Å²) in [5, 5.41) is 11.2. The van der Waals surface area contributed by atoms with Crippen LogP contribution in [0.3, 0.4) is 0 Å². The van der Waals surface area contributed by atoms with Crippen molar-refractivity contribution in [2.45, 2.75) is 69.4 Å². The summed E-state index contributed by atoms with van der Waals surface area (Å²) in [5.41, 5.74) is 7.15. The first kappa shape index (κ1) is 15.8. The van der Waals surface area contributed by atoms with E-state index in [1.54, 1.807) is 0 Å². The minimum absolute atomic E-state index is 0.000949. The van der Waals surface area contributed by atoms with Crippen molar-refractivity contribution >= 4 is 11.6 Å². The van der Waals surface area contributed by atoms with E-state index in [4.69, 9.17) is 17.3 Å². The third kappa shape index (κ3) is 3.19. The van der Waals surface area contributed by atoms with E-state index in [1.165, 1.54) is 12.0 Å². The number of nitrogens with two attached hydrogens (primary N) is 1. The molecule has 1 saturated carbocycles. The van der Waals surface area contributed by atoms with Crippen LogP contribution in [0.15, 0.2) is 24.3 Å². The van der Waals surface area contributed by atoms with Gasteiger partial charge in [-0.05, 0) is 50.3 Å². The van der Waals surface area contributed by atoms with Crippen molar-refractivity contribution in [3.63, 3.8) is 0 Å². The Balaban J connectivity index is 2.16. The Morgan fingerprint density at radius 2 is 1.95 bits per heavy atom. The van der Waals surface area contributed by atoms with Crippen LogP contribution in [-0.4, -0.2) is 16.7 Å². The molecule has 1 fully saturated rings. The van der Waals surface area contributed by atoms with E-state index in [0.717, 1.165) is 30.7 Å². The number of aliphatic hydroxyl groups is 1. The Bertz CT molecular complexity index is 437. The van der Waals surface area contributed by atoms with E-state index in [1.807, 2.05) is 19.1 Å². The summed E-state index contributed by atoms with van der Waals surface area (Å²) in [7, 11) is 0. The topological polar surface area (TPSA) is 46.2 Å². The maximum Gasteiger partial charge on any atom is 0.0634 e. The second kappa shape index (κ2) is 6.05. The fraction of sp³-hybridized carbons (Fsp3) is 0.647. The van der Waals surface area contributed by atoms with E-state index in [-0.39, 0.29) is 11.5 Å². The molecule has 0 radical (unpaired) electrons. The lowest BCUT2D eigenvalue weighted by molar-refractivity contribution is 0.0167. The molecule has 2 nitrogen and oxygen atoms in total. The molecule has 1 aliphatic rings. The normalized spacial score (nSPS) is 21.9. The van der Waals surface area contributed by atoms with E-state index in [2.05, 4.69) is 19.1 Å². The van der Waals surface area contributed by atoms with Gasteiger partial charge in [0.1, 0.15) is 0 Å². The molecule has 3 heteroatoms. The van der Waals surface area contributed by atoms with Gasteiger partial charge in [0.2, 0.25) is 0 Å². The number of rotatable bonds is 6. The highest BCUT2D eigenvalue weighted by atomic mass is 35.5. The van der Waals surface area contributed by atoms with Gasteiger partial charge in [-0.25, -0.2) is 0 Å². The molecule has 0 aliphatic heterocycles. The maximum atomic E-state index is 10.5. The van der Waals surface area contributed by atoms with Crippen molar-refractivity contribution in [3.8, 4) is 0 Å². The molecule has 1 aliphatic carbocycles. The van der Waals surface area contributed by atoms with Crippen LogP contribution >= 0.6 is 11.6 Å². The largest absolute Gasteiger partial charge is 0.390 e. The van der Waals surface area contributed by atoms with Crippen LogP contribution in [0.25, 0.3) is 0 Å². The Kier molecular flexibility index (Phi) is 4.78. The molecule has 2 unspecified atom stereocenters. The molecule has 0 aromatic heterocycles. The van der Waals surface area contributed by atoms with Crippen molar-refractivity contribution in [3.05, 3.63) is 34.9 Å². The van der Waals surface area contributed by atoms with Gasteiger partial charge in [-0.1, -0.05) is 43.5 Å². The monoisotopic (exact) mass is 295 g/mol. The molecule has 2 rings (SSSR count). The first-order valence-electron chi connectivity index (χ1n) is 7.64. The van der Waals surface area contributed by atoms with Crippen molar-refractivity contribution < 1.29 is 5.11 Å². The molecule has 0 spiro atoms. The van der Waals surface area contributed by atoms with Crippen LogP contribution in [0, 0.1) is 0 Å². The van der Waals surface area contributed by atoms with E-state index in [9.17, 15) is 5.11 Å². The summed E-state index contributed by atoms with van der Waals surface area (Å²) in [5.74, 6) is 0. The van der Waals surface area contributed by atoms with Gasteiger partial charge in [0.05, 0.1) is 5.60 Å². The Morgan fingerprint density at radius 3 is 2.40 bits per heavy atom. The maximum absolute atomic E-state index is 10.5. The van der Waals surface area contributed by atoms with Crippen LogP contribution in [0.4, 0.5) is 0 Å². The quantitative estimate of drug-likeness (QED) is 0.832. The van der Waals surface area contributed by atoms with Crippen LogP contribution in [0.2, 0.25) is 5.02 Å². The first-order chi connectivity index (χ1) is 9.39. The zero-order valence-corrected chi connectivity index (χ0v) is 13.3. The number of hydrogen-bond acceptors (Lipinski definition) is 2.